The number of nitro groups is 1. The first-order chi connectivity index (χ1) is 7.06. The molecule has 1 aromatic heterocycles. The Morgan fingerprint density at radius 2 is 2.40 bits per heavy atom. The van der Waals surface area contributed by atoms with Gasteiger partial charge in [-0.05, 0) is 6.92 Å². The van der Waals surface area contributed by atoms with E-state index in [9.17, 15) is 10.1 Å². The molecule has 78 valence electrons. The van der Waals surface area contributed by atoms with Gasteiger partial charge in [-0.2, -0.15) is 0 Å². The maximum atomic E-state index is 10.6. The predicted molar refractivity (Wildman–Crippen MR) is 61.3 cm³/mol. The summed E-state index contributed by atoms with van der Waals surface area (Å²) in [5.41, 5.74) is 0.584. The number of rotatable bonds is 1. The van der Waals surface area contributed by atoms with Crippen LogP contribution in [-0.2, 0) is 0 Å². The molecular formula is C9H6BrClN2O2. The maximum absolute atomic E-state index is 10.6. The lowest BCUT2D eigenvalue weighted by Crippen LogP contribution is -1.96. The van der Waals surface area contributed by atoms with E-state index in [4.69, 9.17) is 11.6 Å². The highest BCUT2D eigenvalue weighted by atomic mass is 79.9. The first-order valence-electron chi connectivity index (χ1n) is 3.92. The van der Waals surface area contributed by atoms with Crippen molar-refractivity contribution in [1.82, 2.24) is 4.98 Å². The molecule has 0 aliphatic heterocycles. The van der Waals surface area contributed by atoms with Crippen LogP contribution in [-0.4, -0.2) is 15.2 Å². The zero-order valence-corrected chi connectivity index (χ0v) is 10.1. The largest absolute Gasteiger partial charge is 0.291 e. The van der Waals surface area contributed by atoms with Gasteiger partial charge in [0.1, 0.15) is 10.8 Å². The molecule has 0 fully saturated rings. The van der Waals surface area contributed by atoms with Gasteiger partial charge in [0, 0.05) is 6.07 Å². The molecule has 0 bridgehead atoms. The number of halogens is 2. The second kappa shape index (κ2) is 5.10. The Bertz CT molecular complexity index is 465. The number of hydrogen-bond donors (Lipinski definition) is 0. The van der Waals surface area contributed by atoms with E-state index in [-0.39, 0.29) is 16.5 Å². The molecule has 0 saturated carbocycles. The van der Waals surface area contributed by atoms with Gasteiger partial charge >= 0.3 is 0 Å². The molecule has 0 spiro atoms. The second-order valence-corrected chi connectivity index (χ2v) is 3.54. The van der Waals surface area contributed by atoms with Gasteiger partial charge < -0.3 is 0 Å². The number of hydrogen-bond acceptors (Lipinski definition) is 3. The van der Waals surface area contributed by atoms with Crippen molar-refractivity contribution in [3.05, 3.63) is 32.6 Å². The second-order valence-electron chi connectivity index (χ2n) is 2.62. The van der Waals surface area contributed by atoms with Crippen LogP contribution in [0.3, 0.4) is 0 Å². The molecule has 0 aliphatic rings. The van der Waals surface area contributed by atoms with Crippen molar-refractivity contribution in [2.24, 2.45) is 0 Å². The van der Waals surface area contributed by atoms with Crippen LogP contribution >= 0.6 is 27.5 Å². The minimum absolute atomic E-state index is 0.0710. The molecule has 1 heterocycles. The summed E-state index contributed by atoms with van der Waals surface area (Å²) >= 11 is 8.91. The maximum Gasteiger partial charge on any atom is 0.291 e. The number of pyridine rings is 1. The van der Waals surface area contributed by atoms with Gasteiger partial charge in [-0.3, -0.25) is 10.1 Å². The normalized spacial score (nSPS) is 9.27. The molecule has 0 atom stereocenters. The molecule has 0 saturated heterocycles. The van der Waals surface area contributed by atoms with Gasteiger partial charge in [-0.15, -0.1) is 0 Å². The summed E-state index contributed by atoms with van der Waals surface area (Å²) < 4.78 is 0. The minimum Gasteiger partial charge on any atom is -0.258 e. The molecule has 0 amide bonds. The van der Waals surface area contributed by atoms with E-state index in [0.717, 1.165) is 0 Å². The molecule has 1 aromatic rings. The van der Waals surface area contributed by atoms with Crippen LogP contribution in [0.2, 0.25) is 5.15 Å². The highest BCUT2D eigenvalue weighted by molar-refractivity contribution is 9.09. The summed E-state index contributed by atoms with van der Waals surface area (Å²) in [6.45, 7) is 1.53. The molecule has 1 rings (SSSR count). The van der Waals surface area contributed by atoms with Crippen molar-refractivity contribution in [1.29, 1.82) is 0 Å². The van der Waals surface area contributed by atoms with Crippen LogP contribution in [0.15, 0.2) is 6.07 Å². The van der Waals surface area contributed by atoms with Gasteiger partial charge in [0.05, 0.1) is 15.8 Å². The van der Waals surface area contributed by atoms with Crippen molar-refractivity contribution in [3.63, 3.8) is 0 Å². The Balaban J connectivity index is 3.29. The Morgan fingerprint density at radius 3 is 2.93 bits per heavy atom. The molecule has 0 radical (unpaired) electrons. The molecule has 0 aromatic carbocycles. The van der Waals surface area contributed by atoms with Crippen LogP contribution in [0.5, 0.6) is 0 Å². The quantitative estimate of drug-likeness (QED) is 0.263. The Morgan fingerprint density at radius 1 is 1.73 bits per heavy atom. The number of alkyl halides is 1. The van der Waals surface area contributed by atoms with E-state index in [1.807, 2.05) is 0 Å². The summed E-state index contributed by atoms with van der Waals surface area (Å²) in [6.07, 6.45) is 0. The summed E-state index contributed by atoms with van der Waals surface area (Å²) in [4.78, 5) is 14.0. The zero-order valence-electron chi connectivity index (χ0n) is 7.75. The third-order valence-electron chi connectivity index (χ3n) is 1.63. The lowest BCUT2D eigenvalue weighted by atomic mass is 10.2. The average Bonchev–Trinajstić information content (AvgIpc) is 2.16. The number of nitrogens with zero attached hydrogens (tertiary/aromatic N) is 2. The van der Waals surface area contributed by atoms with Crippen LogP contribution in [0.25, 0.3) is 0 Å². The summed E-state index contributed by atoms with van der Waals surface area (Å²) in [5, 5.41) is 11.3. The molecule has 15 heavy (non-hydrogen) atoms. The molecule has 0 aliphatic carbocycles. The average molecular weight is 290 g/mol. The Hall–Kier alpha value is -1.12. The van der Waals surface area contributed by atoms with Crippen molar-refractivity contribution >= 4 is 33.2 Å². The Labute approximate surface area is 99.9 Å². The molecular weight excluding hydrogens is 283 g/mol. The molecule has 0 unspecified atom stereocenters. The zero-order chi connectivity index (χ0) is 11.4. The molecule has 0 N–H and O–H groups in total. The standard InChI is InChI=1S/C9H6BrClN2O2/c1-6-8(13(14)15)5-7(3-2-4-10)9(11)12-6/h5H,4H2,1H3. The van der Waals surface area contributed by atoms with E-state index >= 15 is 0 Å². The van der Waals surface area contributed by atoms with Crippen molar-refractivity contribution in [3.8, 4) is 11.8 Å². The minimum atomic E-state index is -0.502. The van der Waals surface area contributed by atoms with E-state index < -0.39 is 4.92 Å². The Kier molecular flexibility index (Phi) is 4.06. The fraction of sp³-hybridized carbons (Fsp3) is 0.222. The van der Waals surface area contributed by atoms with E-state index in [1.54, 1.807) is 0 Å². The topological polar surface area (TPSA) is 56.0 Å². The SMILES string of the molecule is Cc1nc(Cl)c(C#CCBr)cc1[N+](=O)[O-]. The van der Waals surface area contributed by atoms with Crippen molar-refractivity contribution in [2.45, 2.75) is 6.92 Å². The van der Waals surface area contributed by atoms with E-state index in [1.165, 1.54) is 13.0 Å². The molecule has 6 heteroatoms. The van der Waals surface area contributed by atoms with E-state index in [2.05, 4.69) is 32.8 Å². The van der Waals surface area contributed by atoms with Crippen LogP contribution in [0, 0.1) is 28.9 Å². The van der Waals surface area contributed by atoms with Gasteiger partial charge in [0.15, 0.2) is 0 Å². The van der Waals surface area contributed by atoms with E-state index in [0.29, 0.717) is 10.9 Å². The fourth-order valence-corrected chi connectivity index (χ4v) is 1.34. The lowest BCUT2D eigenvalue weighted by Gasteiger charge is -1.99. The van der Waals surface area contributed by atoms with Gasteiger partial charge in [-0.1, -0.05) is 39.4 Å². The first-order valence-corrected chi connectivity index (χ1v) is 5.42. The highest BCUT2D eigenvalue weighted by Gasteiger charge is 2.14. The lowest BCUT2D eigenvalue weighted by molar-refractivity contribution is -0.385. The number of aryl methyl sites for hydroxylation is 1. The first kappa shape index (κ1) is 12.0. The van der Waals surface area contributed by atoms with Crippen LogP contribution < -0.4 is 0 Å². The summed E-state index contributed by atoms with van der Waals surface area (Å²) in [6, 6.07) is 1.33. The smallest absolute Gasteiger partial charge is 0.258 e. The summed E-state index contributed by atoms with van der Waals surface area (Å²) in [5.74, 6) is 5.40. The summed E-state index contributed by atoms with van der Waals surface area (Å²) in [7, 11) is 0. The van der Waals surface area contributed by atoms with Crippen LogP contribution in [0.1, 0.15) is 11.3 Å². The third-order valence-corrected chi connectivity index (χ3v) is 2.19. The van der Waals surface area contributed by atoms with Crippen molar-refractivity contribution < 1.29 is 4.92 Å². The third kappa shape index (κ3) is 2.91. The van der Waals surface area contributed by atoms with Gasteiger partial charge in [0.2, 0.25) is 0 Å². The number of aromatic nitrogens is 1. The highest BCUT2D eigenvalue weighted by Crippen LogP contribution is 2.22. The predicted octanol–water partition coefficient (Wildman–Crippen LogP) is 2.70. The van der Waals surface area contributed by atoms with Gasteiger partial charge in [-0.25, -0.2) is 4.98 Å². The monoisotopic (exact) mass is 288 g/mol. The van der Waals surface area contributed by atoms with Gasteiger partial charge in [0.25, 0.3) is 5.69 Å². The fourth-order valence-electron chi connectivity index (χ4n) is 0.967. The van der Waals surface area contributed by atoms with Crippen molar-refractivity contribution in [2.75, 3.05) is 5.33 Å². The molecule has 4 nitrogen and oxygen atoms in total. The van der Waals surface area contributed by atoms with Crippen LogP contribution in [0.4, 0.5) is 5.69 Å².